The van der Waals surface area contributed by atoms with Crippen LogP contribution in [0, 0.1) is 5.92 Å². The van der Waals surface area contributed by atoms with E-state index in [0.717, 1.165) is 18.9 Å². The molecule has 0 bridgehead atoms. The quantitative estimate of drug-likeness (QED) is 0.792. The van der Waals surface area contributed by atoms with E-state index < -0.39 is 0 Å². The first-order valence-electron chi connectivity index (χ1n) is 5.99. The Morgan fingerprint density at radius 1 is 1.62 bits per heavy atom. The maximum Gasteiger partial charge on any atom is 0.0941 e. The van der Waals surface area contributed by atoms with Crippen LogP contribution in [0.3, 0.4) is 0 Å². The number of nitrogens with zero attached hydrogens (tertiary/aromatic N) is 1. The molecule has 1 fully saturated rings. The minimum atomic E-state index is 0.351. The van der Waals surface area contributed by atoms with Crippen LogP contribution >= 0.6 is 11.3 Å². The topological polar surface area (TPSA) is 34.2 Å². The zero-order valence-corrected chi connectivity index (χ0v) is 10.8. The summed E-state index contributed by atoms with van der Waals surface area (Å²) in [5.74, 6) is 0.758. The Kier molecular flexibility index (Phi) is 4.32. The Bertz CT molecular complexity index is 298. The monoisotopic (exact) mass is 240 g/mol. The number of rotatable bonds is 7. The lowest BCUT2D eigenvalue weighted by Gasteiger charge is -2.26. The molecule has 16 heavy (non-hydrogen) atoms. The van der Waals surface area contributed by atoms with Crippen LogP contribution in [-0.2, 0) is 11.2 Å². The maximum atomic E-state index is 5.65. The van der Waals surface area contributed by atoms with Crippen LogP contribution in [0.25, 0.3) is 0 Å². The molecular weight excluding hydrogens is 220 g/mol. The van der Waals surface area contributed by atoms with E-state index in [1.54, 1.807) is 11.3 Å². The summed E-state index contributed by atoms with van der Waals surface area (Å²) in [6.45, 7) is 3.14. The molecule has 2 unspecified atom stereocenters. The van der Waals surface area contributed by atoms with Gasteiger partial charge in [0.2, 0.25) is 0 Å². The number of hydrogen-bond donors (Lipinski definition) is 1. The largest absolute Gasteiger partial charge is 0.380 e. The first-order chi connectivity index (χ1) is 7.85. The number of hydrogen-bond acceptors (Lipinski definition) is 4. The van der Waals surface area contributed by atoms with E-state index in [-0.39, 0.29) is 0 Å². The van der Waals surface area contributed by atoms with Crippen molar-refractivity contribution >= 4 is 11.3 Å². The van der Waals surface area contributed by atoms with E-state index in [1.807, 2.05) is 18.7 Å². The number of likely N-dealkylation sites (N-methyl/N-ethyl adjacent to an activating group) is 1. The van der Waals surface area contributed by atoms with Crippen LogP contribution in [0.4, 0.5) is 0 Å². The summed E-state index contributed by atoms with van der Waals surface area (Å²) < 4.78 is 5.65. The standard InChI is InChI=1S/C12H20N2OS/c1-3-13-10(8-11-14-6-7-16-11)12(15-2)9-4-5-9/h6-7,9-10,12-13H,3-5,8H2,1-2H3. The second kappa shape index (κ2) is 5.75. The number of aromatic nitrogens is 1. The molecule has 0 aliphatic heterocycles. The predicted molar refractivity (Wildman–Crippen MR) is 66.8 cm³/mol. The van der Waals surface area contributed by atoms with Crippen LogP contribution in [0.15, 0.2) is 11.6 Å². The van der Waals surface area contributed by atoms with Gasteiger partial charge in [-0.15, -0.1) is 11.3 Å². The smallest absolute Gasteiger partial charge is 0.0941 e. The molecule has 0 saturated heterocycles. The minimum Gasteiger partial charge on any atom is -0.380 e. The van der Waals surface area contributed by atoms with Crippen molar-refractivity contribution in [1.29, 1.82) is 0 Å². The van der Waals surface area contributed by atoms with Gasteiger partial charge in [0.05, 0.1) is 11.1 Å². The van der Waals surface area contributed by atoms with Crippen LogP contribution < -0.4 is 5.32 Å². The fraction of sp³-hybridized carbons (Fsp3) is 0.750. The van der Waals surface area contributed by atoms with Gasteiger partial charge < -0.3 is 10.1 Å². The lowest BCUT2D eigenvalue weighted by Crippen LogP contribution is -2.43. The van der Waals surface area contributed by atoms with Crippen molar-refractivity contribution in [2.24, 2.45) is 5.92 Å². The summed E-state index contributed by atoms with van der Waals surface area (Å²) in [6.07, 6.45) is 5.85. The third kappa shape index (κ3) is 3.03. The van der Waals surface area contributed by atoms with Gasteiger partial charge in [-0.2, -0.15) is 0 Å². The Morgan fingerprint density at radius 3 is 2.94 bits per heavy atom. The maximum absolute atomic E-state index is 5.65. The zero-order valence-electron chi connectivity index (χ0n) is 9.98. The molecule has 0 spiro atoms. The van der Waals surface area contributed by atoms with Gasteiger partial charge in [-0.1, -0.05) is 6.92 Å². The average Bonchev–Trinajstić information content (AvgIpc) is 2.97. The van der Waals surface area contributed by atoms with Crippen LogP contribution in [0.5, 0.6) is 0 Å². The number of methoxy groups -OCH3 is 1. The third-order valence-corrected chi connectivity index (χ3v) is 3.90. The molecule has 1 heterocycles. The highest BCUT2D eigenvalue weighted by Crippen LogP contribution is 2.36. The van der Waals surface area contributed by atoms with Crippen molar-refractivity contribution in [2.75, 3.05) is 13.7 Å². The van der Waals surface area contributed by atoms with Gasteiger partial charge in [0, 0.05) is 31.1 Å². The number of thiazole rings is 1. The van der Waals surface area contributed by atoms with Crippen LogP contribution in [0.2, 0.25) is 0 Å². The lowest BCUT2D eigenvalue weighted by atomic mass is 10.0. The summed E-state index contributed by atoms with van der Waals surface area (Å²) in [5.41, 5.74) is 0. The molecule has 2 atom stereocenters. The molecular formula is C12H20N2OS. The van der Waals surface area contributed by atoms with E-state index in [9.17, 15) is 0 Å². The molecule has 1 aliphatic rings. The van der Waals surface area contributed by atoms with Gasteiger partial charge >= 0.3 is 0 Å². The minimum absolute atomic E-state index is 0.351. The molecule has 3 nitrogen and oxygen atoms in total. The molecule has 0 amide bonds. The Morgan fingerprint density at radius 2 is 2.44 bits per heavy atom. The van der Waals surface area contributed by atoms with Crippen molar-refractivity contribution in [2.45, 2.75) is 38.3 Å². The molecule has 1 saturated carbocycles. The second-order valence-electron chi connectivity index (χ2n) is 4.33. The van der Waals surface area contributed by atoms with E-state index in [1.165, 1.54) is 17.8 Å². The highest BCUT2D eigenvalue weighted by atomic mass is 32.1. The van der Waals surface area contributed by atoms with Crippen molar-refractivity contribution < 1.29 is 4.74 Å². The van der Waals surface area contributed by atoms with Crippen molar-refractivity contribution in [1.82, 2.24) is 10.3 Å². The fourth-order valence-electron chi connectivity index (χ4n) is 2.22. The van der Waals surface area contributed by atoms with Gasteiger partial charge in [0.25, 0.3) is 0 Å². The van der Waals surface area contributed by atoms with Gasteiger partial charge in [-0.25, -0.2) is 4.98 Å². The zero-order chi connectivity index (χ0) is 11.4. The average molecular weight is 240 g/mol. The first-order valence-corrected chi connectivity index (χ1v) is 6.87. The van der Waals surface area contributed by atoms with E-state index in [4.69, 9.17) is 4.74 Å². The Labute approximate surface area is 101 Å². The second-order valence-corrected chi connectivity index (χ2v) is 5.31. The molecule has 2 rings (SSSR count). The highest BCUT2D eigenvalue weighted by Gasteiger charge is 2.36. The normalized spacial score (nSPS) is 19.6. The lowest BCUT2D eigenvalue weighted by molar-refractivity contribution is 0.0515. The van der Waals surface area contributed by atoms with Gasteiger partial charge in [-0.05, 0) is 25.3 Å². The summed E-state index contributed by atoms with van der Waals surface area (Å²) in [6, 6.07) is 0.411. The van der Waals surface area contributed by atoms with Crippen molar-refractivity contribution in [3.05, 3.63) is 16.6 Å². The molecule has 0 radical (unpaired) electrons. The molecule has 4 heteroatoms. The van der Waals surface area contributed by atoms with Crippen molar-refractivity contribution in [3.8, 4) is 0 Å². The number of ether oxygens (including phenoxy) is 1. The van der Waals surface area contributed by atoms with Crippen LogP contribution in [-0.4, -0.2) is 30.8 Å². The Hall–Kier alpha value is -0.450. The summed E-state index contributed by atoms with van der Waals surface area (Å²) in [4.78, 5) is 4.36. The highest BCUT2D eigenvalue weighted by molar-refractivity contribution is 7.09. The fourth-order valence-corrected chi connectivity index (χ4v) is 2.89. The molecule has 1 aliphatic carbocycles. The van der Waals surface area contributed by atoms with E-state index in [2.05, 4.69) is 17.2 Å². The van der Waals surface area contributed by atoms with Crippen molar-refractivity contribution in [3.63, 3.8) is 0 Å². The summed E-state index contributed by atoms with van der Waals surface area (Å²) in [5, 5.41) is 6.78. The van der Waals surface area contributed by atoms with Crippen LogP contribution in [0.1, 0.15) is 24.8 Å². The number of nitrogens with one attached hydrogen (secondary N) is 1. The molecule has 1 aromatic rings. The molecule has 1 aromatic heterocycles. The van der Waals surface area contributed by atoms with Gasteiger partial charge in [0.1, 0.15) is 0 Å². The van der Waals surface area contributed by atoms with E-state index in [0.29, 0.717) is 12.1 Å². The van der Waals surface area contributed by atoms with Gasteiger partial charge in [-0.3, -0.25) is 0 Å². The molecule has 1 N–H and O–H groups in total. The molecule has 90 valence electrons. The first kappa shape index (κ1) is 12.0. The summed E-state index contributed by atoms with van der Waals surface area (Å²) in [7, 11) is 1.83. The van der Waals surface area contributed by atoms with E-state index >= 15 is 0 Å². The third-order valence-electron chi connectivity index (χ3n) is 3.10. The SMILES string of the molecule is CCNC(Cc1nccs1)C(OC)C1CC1. The predicted octanol–water partition coefficient (Wildman–Crippen LogP) is 2.09. The summed E-state index contributed by atoms with van der Waals surface area (Å²) >= 11 is 1.73. The Balaban J connectivity index is 1.97. The molecule has 0 aromatic carbocycles. The van der Waals surface area contributed by atoms with Gasteiger partial charge in [0.15, 0.2) is 0 Å².